The normalized spacial score (nSPS) is 10.0. The molecule has 5 heteroatoms. The highest BCUT2D eigenvalue weighted by Crippen LogP contribution is 2.17. The number of amidine groups is 1. The van der Waals surface area contributed by atoms with E-state index in [-0.39, 0.29) is 18.2 Å². The van der Waals surface area contributed by atoms with Gasteiger partial charge in [-0.15, -0.1) is 0 Å². The summed E-state index contributed by atoms with van der Waals surface area (Å²) in [5.74, 6) is -0.562. The van der Waals surface area contributed by atoms with E-state index in [1.165, 1.54) is 18.2 Å². The Kier molecular flexibility index (Phi) is 4.05. The molecule has 15 heavy (non-hydrogen) atoms. The quantitative estimate of drug-likeness (QED) is 0.437. The first-order valence-electron chi connectivity index (χ1n) is 4.41. The van der Waals surface area contributed by atoms with Crippen LogP contribution in [0.4, 0.5) is 4.39 Å². The fourth-order valence-electron chi connectivity index (χ4n) is 1.02. The Morgan fingerprint density at radius 1 is 1.47 bits per heavy atom. The minimum absolute atomic E-state index is 0.136. The zero-order chi connectivity index (χ0) is 11.3. The monoisotopic (exact) mass is 212 g/mol. The summed E-state index contributed by atoms with van der Waals surface area (Å²) in [5.41, 5.74) is 5.55. The van der Waals surface area contributed by atoms with Gasteiger partial charge in [0.25, 0.3) is 0 Å². The Morgan fingerprint density at radius 2 is 2.20 bits per heavy atom. The SMILES string of the molecule is COCCOc1ccc(C(=N)N)cc1F. The van der Waals surface area contributed by atoms with Crippen LogP contribution in [-0.2, 0) is 4.74 Å². The van der Waals surface area contributed by atoms with Crippen molar-refractivity contribution in [3.63, 3.8) is 0 Å². The van der Waals surface area contributed by atoms with Crippen LogP contribution in [0.3, 0.4) is 0 Å². The molecule has 0 bridgehead atoms. The standard InChI is InChI=1S/C10H13FN2O2/c1-14-4-5-15-9-3-2-7(10(12)13)6-8(9)11/h2-3,6H,4-5H2,1H3,(H3,12,13). The number of rotatable bonds is 5. The summed E-state index contributed by atoms with van der Waals surface area (Å²) in [6.07, 6.45) is 0. The first-order valence-corrected chi connectivity index (χ1v) is 4.41. The number of halogens is 1. The van der Waals surface area contributed by atoms with Gasteiger partial charge in [-0.3, -0.25) is 5.41 Å². The Bertz CT molecular complexity index is 355. The minimum Gasteiger partial charge on any atom is -0.488 e. The van der Waals surface area contributed by atoms with Gasteiger partial charge >= 0.3 is 0 Å². The van der Waals surface area contributed by atoms with Crippen molar-refractivity contribution >= 4 is 5.84 Å². The summed E-state index contributed by atoms with van der Waals surface area (Å²) >= 11 is 0. The van der Waals surface area contributed by atoms with Crippen molar-refractivity contribution in [3.05, 3.63) is 29.6 Å². The molecule has 0 atom stereocenters. The second-order valence-corrected chi connectivity index (χ2v) is 2.90. The fourth-order valence-corrected chi connectivity index (χ4v) is 1.02. The Hall–Kier alpha value is -1.62. The third-order valence-corrected chi connectivity index (χ3v) is 1.79. The Balaban J connectivity index is 2.70. The number of nitrogens with two attached hydrogens (primary N) is 1. The molecule has 1 aromatic rings. The highest BCUT2D eigenvalue weighted by Gasteiger charge is 2.05. The number of methoxy groups -OCH3 is 1. The maximum absolute atomic E-state index is 13.3. The van der Waals surface area contributed by atoms with Gasteiger partial charge in [0.15, 0.2) is 11.6 Å². The van der Waals surface area contributed by atoms with Crippen LogP contribution in [0.1, 0.15) is 5.56 Å². The second kappa shape index (κ2) is 5.31. The number of hydrogen-bond acceptors (Lipinski definition) is 3. The Labute approximate surface area is 87.3 Å². The first kappa shape index (κ1) is 11.5. The van der Waals surface area contributed by atoms with Crippen LogP contribution in [0.2, 0.25) is 0 Å². The summed E-state index contributed by atoms with van der Waals surface area (Å²) in [6, 6.07) is 4.15. The van der Waals surface area contributed by atoms with Crippen molar-refractivity contribution in [1.29, 1.82) is 5.41 Å². The third kappa shape index (κ3) is 3.21. The Morgan fingerprint density at radius 3 is 2.73 bits per heavy atom. The highest BCUT2D eigenvalue weighted by molar-refractivity contribution is 5.95. The molecule has 0 unspecified atom stereocenters. The van der Waals surface area contributed by atoms with Crippen molar-refractivity contribution in [3.8, 4) is 5.75 Å². The summed E-state index contributed by atoms with van der Waals surface area (Å²) < 4.78 is 23.2. The van der Waals surface area contributed by atoms with Crippen molar-refractivity contribution in [2.45, 2.75) is 0 Å². The van der Waals surface area contributed by atoms with Crippen LogP contribution in [0.5, 0.6) is 5.75 Å². The van der Waals surface area contributed by atoms with Gasteiger partial charge in [-0.05, 0) is 18.2 Å². The van der Waals surface area contributed by atoms with Crippen molar-refractivity contribution < 1.29 is 13.9 Å². The predicted molar refractivity (Wildman–Crippen MR) is 54.8 cm³/mol. The average molecular weight is 212 g/mol. The molecule has 3 N–H and O–H groups in total. The van der Waals surface area contributed by atoms with Crippen molar-refractivity contribution in [2.75, 3.05) is 20.3 Å². The van der Waals surface area contributed by atoms with Crippen LogP contribution in [-0.4, -0.2) is 26.2 Å². The predicted octanol–water partition coefficient (Wildman–Crippen LogP) is 1.13. The molecule has 0 fully saturated rings. The highest BCUT2D eigenvalue weighted by atomic mass is 19.1. The summed E-state index contributed by atoms with van der Waals surface area (Å²) in [5, 5.41) is 7.12. The van der Waals surface area contributed by atoms with Gasteiger partial charge in [0.1, 0.15) is 12.4 Å². The van der Waals surface area contributed by atoms with Gasteiger partial charge in [-0.25, -0.2) is 4.39 Å². The minimum atomic E-state index is -0.529. The van der Waals surface area contributed by atoms with E-state index < -0.39 is 5.82 Å². The van der Waals surface area contributed by atoms with Gasteiger partial charge in [0, 0.05) is 12.7 Å². The molecular weight excluding hydrogens is 199 g/mol. The smallest absolute Gasteiger partial charge is 0.165 e. The van der Waals surface area contributed by atoms with Crippen molar-refractivity contribution in [2.24, 2.45) is 5.73 Å². The number of hydrogen-bond donors (Lipinski definition) is 2. The van der Waals surface area contributed by atoms with E-state index in [1.54, 1.807) is 7.11 Å². The van der Waals surface area contributed by atoms with E-state index >= 15 is 0 Å². The number of ether oxygens (including phenoxy) is 2. The number of benzene rings is 1. The molecule has 0 aliphatic carbocycles. The fraction of sp³-hybridized carbons (Fsp3) is 0.300. The van der Waals surface area contributed by atoms with E-state index in [9.17, 15) is 4.39 Å². The van der Waals surface area contributed by atoms with Crippen LogP contribution in [0.25, 0.3) is 0 Å². The molecule has 82 valence electrons. The van der Waals surface area contributed by atoms with Gasteiger partial charge in [0.2, 0.25) is 0 Å². The first-order chi connectivity index (χ1) is 7.15. The molecule has 0 spiro atoms. The van der Waals surface area contributed by atoms with Gasteiger partial charge in [-0.2, -0.15) is 0 Å². The van der Waals surface area contributed by atoms with Gasteiger partial charge < -0.3 is 15.2 Å². The lowest BCUT2D eigenvalue weighted by Gasteiger charge is -2.07. The lowest BCUT2D eigenvalue weighted by Crippen LogP contribution is -2.12. The van der Waals surface area contributed by atoms with Crippen molar-refractivity contribution in [1.82, 2.24) is 0 Å². The molecule has 1 rings (SSSR count). The lowest BCUT2D eigenvalue weighted by atomic mass is 10.2. The van der Waals surface area contributed by atoms with Crippen LogP contribution < -0.4 is 10.5 Å². The van der Waals surface area contributed by atoms with Crippen LogP contribution in [0, 0.1) is 11.2 Å². The third-order valence-electron chi connectivity index (χ3n) is 1.79. The lowest BCUT2D eigenvalue weighted by molar-refractivity contribution is 0.144. The van der Waals surface area contributed by atoms with E-state index in [2.05, 4.69) is 0 Å². The topological polar surface area (TPSA) is 68.3 Å². The second-order valence-electron chi connectivity index (χ2n) is 2.90. The molecule has 0 aliphatic heterocycles. The average Bonchev–Trinajstić information content (AvgIpc) is 2.20. The molecule has 1 aromatic carbocycles. The zero-order valence-electron chi connectivity index (χ0n) is 8.42. The summed E-state index contributed by atoms with van der Waals surface area (Å²) in [6.45, 7) is 0.681. The molecule has 0 amide bonds. The molecule has 0 saturated heterocycles. The zero-order valence-corrected chi connectivity index (χ0v) is 8.42. The van der Waals surface area contributed by atoms with Crippen LogP contribution in [0.15, 0.2) is 18.2 Å². The molecule has 4 nitrogen and oxygen atoms in total. The molecule has 0 aliphatic rings. The van der Waals surface area contributed by atoms with E-state index in [0.29, 0.717) is 12.2 Å². The largest absolute Gasteiger partial charge is 0.488 e. The summed E-state index contributed by atoms with van der Waals surface area (Å²) in [7, 11) is 1.54. The molecule has 0 aromatic heterocycles. The maximum atomic E-state index is 13.3. The molecule has 0 saturated carbocycles. The van der Waals surface area contributed by atoms with E-state index in [0.717, 1.165) is 0 Å². The van der Waals surface area contributed by atoms with Gasteiger partial charge in [0.05, 0.1) is 6.61 Å². The maximum Gasteiger partial charge on any atom is 0.165 e. The number of nitrogens with one attached hydrogen (secondary N) is 1. The summed E-state index contributed by atoms with van der Waals surface area (Å²) in [4.78, 5) is 0. The molecular formula is C10H13FN2O2. The van der Waals surface area contributed by atoms with E-state index in [4.69, 9.17) is 20.6 Å². The molecule has 0 radical (unpaired) electrons. The van der Waals surface area contributed by atoms with E-state index in [1.807, 2.05) is 0 Å². The molecule has 0 heterocycles. The number of nitrogen functional groups attached to an aromatic ring is 1. The van der Waals surface area contributed by atoms with Gasteiger partial charge in [-0.1, -0.05) is 0 Å². The van der Waals surface area contributed by atoms with Crippen LogP contribution >= 0.6 is 0 Å².